The molecule has 0 atom stereocenters. The lowest BCUT2D eigenvalue weighted by molar-refractivity contribution is 0.0600. The number of nitrogens with one attached hydrogen (secondary N) is 1. The summed E-state index contributed by atoms with van der Waals surface area (Å²) in [7, 11) is 1.30. The van der Waals surface area contributed by atoms with Crippen LogP contribution in [0.5, 0.6) is 0 Å². The highest BCUT2D eigenvalue weighted by Crippen LogP contribution is 2.07. The van der Waals surface area contributed by atoms with E-state index in [9.17, 15) is 9.59 Å². The van der Waals surface area contributed by atoms with Crippen molar-refractivity contribution in [3.8, 4) is 0 Å². The summed E-state index contributed by atoms with van der Waals surface area (Å²) in [6.07, 6.45) is 3.33. The molecule has 0 aliphatic rings. The number of hydrogen-bond donors (Lipinski definition) is 1. The first-order valence-electron chi connectivity index (χ1n) is 6.06. The van der Waals surface area contributed by atoms with Crippen molar-refractivity contribution in [2.45, 2.75) is 6.54 Å². The molecule has 20 heavy (non-hydrogen) atoms. The molecular weight excluding hydrogens is 256 g/mol. The van der Waals surface area contributed by atoms with Crippen LogP contribution in [0.15, 0.2) is 48.8 Å². The molecule has 0 bridgehead atoms. The third kappa shape index (κ3) is 3.41. The van der Waals surface area contributed by atoms with Crippen LogP contribution in [0.2, 0.25) is 0 Å². The van der Waals surface area contributed by atoms with Gasteiger partial charge in [-0.15, -0.1) is 0 Å². The molecule has 1 N–H and O–H groups in total. The van der Waals surface area contributed by atoms with E-state index < -0.39 is 5.97 Å². The van der Waals surface area contributed by atoms with Gasteiger partial charge in [0.2, 0.25) is 0 Å². The third-order valence-electron chi connectivity index (χ3n) is 2.75. The van der Waals surface area contributed by atoms with Crippen molar-refractivity contribution < 1.29 is 14.3 Å². The molecule has 0 radical (unpaired) electrons. The number of aromatic nitrogens is 1. The fourth-order valence-corrected chi connectivity index (χ4v) is 1.69. The lowest BCUT2D eigenvalue weighted by atomic mass is 10.1. The van der Waals surface area contributed by atoms with E-state index >= 15 is 0 Å². The van der Waals surface area contributed by atoms with Crippen molar-refractivity contribution in [1.82, 2.24) is 10.3 Å². The van der Waals surface area contributed by atoms with Crippen LogP contribution in [0.4, 0.5) is 0 Å². The minimum Gasteiger partial charge on any atom is -0.465 e. The van der Waals surface area contributed by atoms with Gasteiger partial charge in [0, 0.05) is 24.5 Å². The number of benzene rings is 1. The van der Waals surface area contributed by atoms with E-state index in [-0.39, 0.29) is 5.91 Å². The second-order valence-electron chi connectivity index (χ2n) is 4.11. The van der Waals surface area contributed by atoms with Crippen molar-refractivity contribution in [3.63, 3.8) is 0 Å². The minimum atomic E-state index is -0.464. The second kappa shape index (κ2) is 6.47. The van der Waals surface area contributed by atoms with Crippen molar-refractivity contribution in [2.75, 3.05) is 7.11 Å². The number of nitrogens with zero attached hydrogens (tertiary/aromatic N) is 1. The molecule has 0 aliphatic carbocycles. The molecule has 5 heteroatoms. The zero-order chi connectivity index (χ0) is 14.4. The number of carbonyl (C=O) groups excluding carboxylic acids is 2. The Kier molecular flexibility index (Phi) is 4.44. The van der Waals surface area contributed by atoms with Gasteiger partial charge in [0.25, 0.3) is 5.91 Å². The van der Waals surface area contributed by atoms with E-state index in [1.807, 2.05) is 12.1 Å². The molecule has 2 rings (SSSR count). The Morgan fingerprint density at radius 3 is 2.55 bits per heavy atom. The van der Waals surface area contributed by atoms with Gasteiger partial charge in [-0.25, -0.2) is 4.79 Å². The van der Waals surface area contributed by atoms with E-state index in [0.717, 1.165) is 5.56 Å². The number of ether oxygens (including phenoxy) is 1. The fourth-order valence-electron chi connectivity index (χ4n) is 1.69. The lowest BCUT2D eigenvalue weighted by Crippen LogP contribution is -2.23. The highest BCUT2D eigenvalue weighted by atomic mass is 16.5. The number of hydrogen-bond acceptors (Lipinski definition) is 4. The van der Waals surface area contributed by atoms with Gasteiger partial charge >= 0.3 is 5.97 Å². The highest BCUT2D eigenvalue weighted by Gasteiger charge is 2.10. The van der Waals surface area contributed by atoms with Crippen LogP contribution >= 0.6 is 0 Å². The average Bonchev–Trinajstić information content (AvgIpc) is 2.53. The number of rotatable bonds is 4. The van der Waals surface area contributed by atoms with E-state index in [4.69, 9.17) is 0 Å². The van der Waals surface area contributed by atoms with Crippen LogP contribution in [-0.2, 0) is 11.3 Å². The summed E-state index contributed by atoms with van der Waals surface area (Å²) in [5.41, 5.74) is 1.73. The average molecular weight is 270 g/mol. The Hall–Kier alpha value is -2.69. The van der Waals surface area contributed by atoms with Crippen molar-refractivity contribution in [3.05, 3.63) is 65.5 Å². The van der Waals surface area contributed by atoms with Crippen molar-refractivity contribution in [1.29, 1.82) is 0 Å². The number of carbonyl (C=O) groups is 2. The number of esters is 1. The SMILES string of the molecule is COC(=O)c1cccc(C(=O)NCc2ccncc2)c1. The van der Waals surface area contributed by atoms with Crippen LogP contribution in [0.25, 0.3) is 0 Å². The van der Waals surface area contributed by atoms with E-state index in [1.54, 1.807) is 30.6 Å². The molecular formula is C15H14N2O3. The Morgan fingerprint density at radius 2 is 1.85 bits per heavy atom. The van der Waals surface area contributed by atoms with Gasteiger partial charge in [-0.05, 0) is 35.9 Å². The standard InChI is InChI=1S/C15H14N2O3/c1-20-15(19)13-4-2-3-12(9-13)14(18)17-10-11-5-7-16-8-6-11/h2-9H,10H2,1H3,(H,17,18). The van der Waals surface area contributed by atoms with E-state index in [1.165, 1.54) is 13.2 Å². The molecule has 2 aromatic rings. The lowest BCUT2D eigenvalue weighted by Gasteiger charge is -2.06. The summed E-state index contributed by atoms with van der Waals surface area (Å²) in [6.45, 7) is 0.407. The van der Waals surface area contributed by atoms with E-state index in [2.05, 4.69) is 15.0 Å². The van der Waals surface area contributed by atoms with E-state index in [0.29, 0.717) is 17.7 Å². The first-order valence-corrected chi connectivity index (χ1v) is 6.06. The Bertz CT molecular complexity index is 612. The summed E-state index contributed by atoms with van der Waals surface area (Å²) in [6, 6.07) is 10.1. The van der Waals surface area contributed by atoms with Crippen molar-refractivity contribution in [2.24, 2.45) is 0 Å². The molecule has 1 amide bonds. The van der Waals surface area contributed by atoms with Gasteiger partial charge in [0.05, 0.1) is 12.7 Å². The maximum Gasteiger partial charge on any atom is 0.337 e. The number of pyridine rings is 1. The van der Waals surface area contributed by atoms with Gasteiger partial charge in [-0.2, -0.15) is 0 Å². The molecule has 0 fully saturated rings. The normalized spacial score (nSPS) is 9.85. The summed E-state index contributed by atoms with van der Waals surface area (Å²) < 4.78 is 4.62. The van der Waals surface area contributed by atoms with Gasteiger partial charge < -0.3 is 10.1 Å². The monoisotopic (exact) mass is 270 g/mol. The molecule has 0 unspecified atom stereocenters. The molecule has 1 aromatic heterocycles. The van der Waals surface area contributed by atoms with Crippen LogP contribution < -0.4 is 5.32 Å². The highest BCUT2D eigenvalue weighted by molar-refractivity contribution is 5.97. The largest absolute Gasteiger partial charge is 0.465 e. The molecule has 0 spiro atoms. The quantitative estimate of drug-likeness (QED) is 0.860. The van der Waals surface area contributed by atoms with Crippen molar-refractivity contribution >= 4 is 11.9 Å². The topological polar surface area (TPSA) is 68.3 Å². The van der Waals surface area contributed by atoms with Crippen LogP contribution in [0.1, 0.15) is 26.3 Å². The molecule has 1 aromatic carbocycles. The summed E-state index contributed by atoms with van der Waals surface area (Å²) in [4.78, 5) is 27.3. The molecule has 0 saturated carbocycles. The molecule has 5 nitrogen and oxygen atoms in total. The first kappa shape index (κ1) is 13.7. The van der Waals surface area contributed by atoms with Gasteiger partial charge in [-0.1, -0.05) is 6.07 Å². The zero-order valence-electron chi connectivity index (χ0n) is 11.0. The number of amides is 1. The Balaban J connectivity index is 2.04. The molecule has 0 aliphatic heterocycles. The summed E-state index contributed by atoms with van der Waals surface area (Å²) in [5.74, 6) is -0.707. The molecule has 0 saturated heterocycles. The molecule has 1 heterocycles. The van der Waals surface area contributed by atoms with Crippen LogP contribution in [0, 0.1) is 0 Å². The summed E-state index contributed by atoms with van der Waals surface area (Å²) in [5, 5.41) is 2.78. The van der Waals surface area contributed by atoms with Gasteiger partial charge in [-0.3, -0.25) is 9.78 Å². The summed E-state index contributed by atoms with van der Waals surface area (Å²) >= 11 is 0. The third-order valence-corrected chi connectivity index (χ3v) is 2.75. The van der Waals surface area contributed by atoms with Crippen LogP contribution in [0.3, 0.4) is 0 Å². The predicted molar refractivity (Wildman–Crippen MR) is 73.2 cm³/mol. The zero-order valence-corrected chi connectivity index (χ0v) is 11.0. The first-order chi connectivity index (χ1) is 9.70. The maximum atomic E-state index is 12.0. The predicted octanol–water partition coefficient (Wildman–Crippen LogP) is 1.80. The van der Waals surface area contributed by atoms with Gasteiger partial charge in [0.1, 0.15) is 0 Å². The minimum absolute atomic E-state index is 0.243. The smallest absolute Gasteiger partial charge is 0.337 e. The van der Waals surface area contributed by atoms with Gasteiger partial charge in [0.15, 0.2) is 0 Å². The fraction of sp³-hybridized carbons (Fsp3) is 0.133. The second-order valence-corrected chi connectivity index (χ2v) is 4.11. The van der Waals surface area contributed by atoms with Crippen LogP contribution in [-0.4, -0.2) is 24.0 Å². The Morgan fingerprint density at radius 1 is 1.15 bits per heavy atom. The maximum absolute atomic E-state index is 12.0. The molecule has 102 valence electrons. The Labute approximate surface area is 116 Å². The number of methoxy groups -OCH3 is 1.